The molecule has 1 aromatic carbocycles. The Morgan fingerprint density at radius 2 is 2.06 bits per heavy atom. The second kappa shape index (κ2) is 12.4. The molecule has 0 aromatic heterocycles. The molecule has 176 valence electrons. The Morgan fingerprint density at radius 1 is 1.22 bits per heavy atom. The van der Waals surface area contributed by atoms with Gasteiger partial charge in [-0.3, -0.25) is 14.5 Å². The van der Waals surface area contributed by atoms with Gasteiger partial charge in [-0.2, -0.15) is 0 Å². The normalized spacial score (nSPS) is 19.9. The number of guanidine groups is 1. The van der Waals surface area contributed by atoms with E-state index in [1.54, 1.807) is 0 Å². The van der Waals surface area contributed by atoms with Crippen molar-refractivity contribution in [3.8, 4) is 0 Å². The van der Waals surface area contributed by atoms with Crippen LogP contribution in [0.3, 0.4) is 0 Å². The van der Waals surface area contributed by atoms with Crippen molar-refractivity contribution in [3.63, 3.8) is 0 Å². The summed E-state index contributed by atoms with van der Waals surface area (Å²) in [6.45, 7) is 8.51. The van der Waals surface area contributed by atoms with Gasteiger partial charge in [0.15, 0.2) is 5.96 Å². The van der Waals surface area contributed by atoms with E-state index >= 15 is 0 Å². The maximum Gasteiger partial charge on any atom is 0.222 e. The lowest BCUT2D eigenvalue weighted by atomic mass is 9.97. The fourth-order valence-corrected chi connectivity index (χ4v) is 4.45. The van der Waals surface area contributed by atoms with Crippen LogP contribution in [0.5, 0.6) is 0 Å². The lowest BCUT2D eigenvalue weighted by Crippen LogP contribution is -2.40. The summed E-state index contributed by atoms with van der Waals surface area (Å²) in [5.41, 5.74) is 7.90. The molecule has 1 unspecified atom stereocenters. The molecule has 2 amide bonds. The smallest absolute Gasteiger partial charge is 0.222 e. The highest BCUT2D eigenvalue weighted by molar-refractivity contribution is 5.80. The number of carbonyl (C=O) groups is 2. The van der Waals surface area contributed by atoms with Gasteiger partial charge in [0.05, 0.1) is 12.5 Å². The number of rotatable bonds is 10. The van der Waals surface area contributed by atoms with E-state index in [2.05, 4.69) is 46.7 Å². The molecular weight excluding hydrogens is 404 g/mol. The Labute approximate surface area is 191 Å². The van der Waals surface area contributed by atoms with Gasteiger partial charge in [-0.25, -0.2) is 4.99 Å². The zero-order valence-corrected chi connectivity index (χ0v) is 19.3. The highest BCUT2D eigenvalue weighted by atomic mass is 16.2. The highest BCUT2D eigenvalue weighted by Crippen LogP contribution is 2.19. The summed E-state index contributed by atoms with van der Waals surface area (Å²) in [6.07, 6.45) is 4.50. The first kappa shape index (κ1) is 24.0. The first-order chi connectivity index (χ1) is 15.5. The van der Waals surface area contributed by atoms with Crippen LogP contribution in [0.4, 0.5) is 0 Å². The van der Waals surface area contributed by atoms with Gasteiger partial charge in [-0.15, -0.1) is 0 Å². The molecule has 1 atom stereocenters. The van der Waals surface area contributed by atoms with Crippen molar-refractivity contribution in [1.29, 1.82) is 0 Å². The second-order valence-corrected chi connectivity index (χ2v) is 8.76. The minimum absolute atomic E-state index is 0.0335. The van der Waals surface area contributed by atoms with Gasteiger partial charge in [-0.05, 0) is 50.3 Å². The van der Waals surface area contributed by atoms with Gasteiger partial charge in [0.25, 0.3) is 0 Å². The Balaban J connectivity index is 1.48. The first-order valence-corrected chi connectivity index (χ1v) is 11.9. The van der Waals surface area contributed by atoms with E-state index in [9.17, 15) is 9.59 Å². The second-order valence-electron chi connectivity index (χ2n) is 8.76. The van der Waals surface area contributed by atoms with Gasteiger partial charge in [0.1, 0.15) is 0 Å². The van der Waals surface area contributed by atoms with Gasteiger partial charge in [-0.1, -0.05) is 24.3 Å². The molecule has 4 N–H and O–H groups in total. The van der Waals surface area contributed by atoms with E-state index in [0.717, 1.165) is 83.0 Å². The fraction of sp³-hybridized carbons (Fsp3) is 0.625. The Hall–Kier alpha value is -2.61. The van der Waals surface area contributed by atoms with Crippen molar-refractivity contribution in [2.24, 2.45) is 16.6 Å². The van der Waals surface area contributed by atoms with Crippen LogP contribution in [0, 0.1) is 5.92 Å². The van der Waals surface area contributed by atoms with Crippen molar-refractivity contribution < 1.29 is 9.59 Å². The van der Waals surface area contributed by atoms with Crippen LogP contribution < -0.4 is 16.4 Å². The molecule has 1 aromatic rings. The number of nitrogens with zero attached hydrogens (tertiary/aromatic N) is 3. The molecule has 0 bridgehead atoms. The van der Waals surface area contributed by atoms with E-state index in [1.807, 2.05) is 4.90 Å². The summed E-state index contributed by atoms with van der Waals surface area (Å²) in [7, 11) is 0. The van der Waals surface area contributed by atoms with E-state index in [0.29, 0.717) is 13.0 Å². The van der Waals surface area contributed by atoms with Gasteiger partial charge < -0.3 is 21.3 Å². The highest BCUT2D eigenvalue weighted by Gasteiger charge is 2.23. The third kappa shape index (κ3) is 7.51. The molecule has 8 heteroatoms. The molecule has 8 nitrogen and oxygen atoms in total. The fourth-order valence-electron chi connectivity index (χ4n) is 4.45. The molecular formula is C24H38N6O2. The minimum Gasteiger partial charge on any atom is -0.369 e. The third-order valence-corrected chi connectivity index (χ3v) is 6.14. The summed E-state index contributed by atoms with van der Waals surface area (Å²) in [5.74, 6) is 0.855. The van der Waals surface area contributed by atoms with Crippen molar-refractivity contribution in [1.82, 2.24) is 20.4 Å². The molecule has 0 spiro atoms. The maximum atomic E-state index is 11.7. The molecule has 2 aliphatic heterocycles. The molecule has 32 heavy (non-hydrogen) atoms. The molecule has 3 rings (SSSR count). The van der Waals surface area contributed by atoms with Gasteiger partial charge in [0.2, 0.25) is 11.8 Å². The third-order valence-electron chi connectivity index (χ3n) is 6.14. The molecule has 2 saturated heterocycles. The van der Waals surface area contributed by atoms with Crippen LogP contribution in [-0.2, 0) is 22.7 Å². The topological polar surface area (TPSA) is 103 Å². The number of amides is 2. The standard InChI is InChI=1S/C24H38N6O2/c1-2-26-24(27-11-6-14-30-13-5-10-22(30)31)28-16-19-7-3-8-20(15-19)17-29-12-4-9-21(18-29)23(25)32/h3,7-8,15,21H,2,4-6,9-14,16-18H2,1H3,(H2,25,32)(H2,26,27,28). The average molecular weight is 443 g/mol. The molecule has 0 radical (unpaired) electrons. The molecule has 2 aliphatic rings. The maximum absolute atomic E-state index is 11.7. The van der Waals surface area contributed by atoms with E-state index < -0.39 is 0 Å². The van der Waals surface area contributed by atoms with Crippen molar-refractivity contribution in [2.75, 3.05) is 39.3 Å². The first-order valence-electron chi connectivity index (χ1n) is 11.9. The number of primary amides is 1. The molecule has 0 aliphatic carbocycles. The van der Waals surface area contributed by atoms with E-state index in [1.165, 1.54) is 5.56 Å². The lowest BCUT2D eigenvalue weighted by molar-refractivity contribution is -0.127. The number of hydrogen-bond donors (Lipinski definition) is 3. The van der Waals surface area contributed by atoms with Crippen LogP contribution >= 0.6 is 0 Å². The Bertz CT molecular complexity index is 796. The van der Waals surface area contributed by atoms with Crippen molar-refractivity contribution >= 4 is 17.8 Å². The SMILES string of the molecule is CCNC(=NCc1cccc(CN2CCCC(C(N)=O)C2)c1)NCCCN1CCCC1=O. The summed E-state index contributed by atoms with van der Waals surface area (Å²) < 4.78 is 0. The van der Waals surface area contributed by atoms with Crippen LogP contribution in [0.25, 0.3) is 0 Å². The molecule has 2 fully saturated rings. The molecule has 0 saturated carbocycles. The molecule has 2 heterocycles. The average Bonchev–Trinajstić information content (AvgIpc) is 3.20. The summed E-state index contributed by atoms with van der Waals surface area (Å²) in [6, 6.07) is 8.49. The minimum atomic E-state index is -0.187. The van der Waals surface area contributed by atoms with Crippen LogP contribution in [0.2, 0.25) is 0 Å². The van der Waals surface area contributed by atoms with Crippen LogP contribution in [0.15, 0.2) is 29.3 Å². The quantitative estimate of drug-likeness (QED) is 0.289. The lowest BCUT2D eigenvalue weighted by Gasteiger charge is -2.31. The van der Waals surface area contributed by atoms with Crippen molar-refractivity contribution in [3.05, 3.63) is 35.4 Å². The predicted molar refractivity (Wildman–Crippen MR) is 127 cm³/mol. The summed E-state index contributed by atoms with van der Waals surface area (Å²) >= 11 is 0. The van der Waals surface area contributed by atoms with Crippen molar-refractivity contribution in [2.45, 2.75) is 52.1 Å². The Morgan fingerprint density at radius 3 is 2.81 bits per heavy atom. The number of nitrogens with one attached hydrogen (secondary N) is 2. The summed E-state index contributed by atoms with van der Waals surface area (Å²) in [5, 5.41) is 6.67. The number of likely N-dealkylation sites (tertiary alicyclic amines) is 2. The largest absolute Gasteiger partial charge is 0.369 e. The zero-order chi connectivity index (χ0) is 22.8. The van der Waals surface area contributed by atoms with Gasteiger partial charge >= 0.3 is 0 Å². The number of piperidine rings is 1. The predicted octanol–water partition coefficient (Wildman–Crippen LogP) is 1.45. The number of benzene rings is 1. The zero-order valence-electron chi connectivity index (χ0n) is 19.3. The van der Waals surface area contributed by atoms with Gasteiger partial charge in [0, 0.05) is 45.7 Å². The Kier molecular flexibility index (Phi) is 9.34. The monoisotopic (exact) mass is 442 g/mol. The number of aliphatic imine (C=N–C) groups is 1. The van der Waals surface area contributed by atoms with E-state index in [-0.39, 0.29) is 17.7 Å². The number of carbonyl (C=O) groups excluding carboxylic acids is 2. The van der Waals surface area contributed by atoms with E-state index in [4.69, 9.17) is 10.7 Å². The number of hydrogen-bond acceptors (Lipinski definition) is 4. The number of nitrogens with two attached hydrogens (primary N) is 1. The van der Waals surface area contributed by atoms with Crippen LogP contribution in [0.1, 0.15) is 50.2 Å². The summed E-state index contributed by atoms with van der Waals surface area (Å²) in [4.78, 5) is 32.2. The van der Waals surface area contributed by atoms with Crippen LogP contribution in [-0.4, -0.2) is 66.8 Å².